The number of rotatable bonds is 6. The zero-order chi connectivity index (χ0) is 19.6. The maximum absolute atomic E-state index is 13.5. The SMILES string of the molecule is O=C(OCCC(F)(F)C(F)(F)S(=O)(=O)O)C12CC3CC(CC(O)(C3)C1)C2. The minimum absolute atomic E-state index is 0.138. The molecule has 0 aromatic heterocycles. The van der Waals surface area contributed by atoms with Crippen LogP contribution in [0.5, 0.6) is 0 Å². The van der Waals surface area contributed by atoms with Crippen molar-refractivity contribution in [3.63, 3.8) is 0 Å². The first-order chi connectivity index (χ1) is 11.7. The van der Waals surface area contributed by atoms with Crippen LogP contribution >= 0.6 is 0 Å². The molecule has 0 aliphatic heterocycles. The van der Waals surface area contributed by atoms with Crippen LogP contribution in [0.1, 0.15) is 44.9 Å². The highest BCUT2D eigenvalue weighted by Gasteiger charge is 2.65. The van der Waals surface area contributed by atoms with Crippen LogP contribution in [0.15, 0.2) is 0 Å². The first kappa shape index (κ1) is 19.8. The summed E-state index contributed by atoms with van der Waals surface area (Å²) in [6, 6.07) is 0. The van der Waals surface area contributed by atoms with E-state index in [1.54, 1.807) is 0 Å². The molecule has 0 aromatic carbocycles. The number of hydrogen-bond acceptors (Lipinski definition) is 5. The average molecular weight is 404 g/mol. The first-order valence-corrected chi connectivity index (χ1v) is 9.76. The Bertz CT molecular complexity index is 693. The molecule has 0 spiro atoms. The van der Waals surface area contributed by atoms with Gasteiger partial charge in [0.2, 0.25) is 0 Å². The number of aliphatic hydroxyl groups is 1. The summed E-state index contributed by atoms with van der Waals surface area (Å²) in [7, 11) is -6.31. The second-order valence-corrected chi connectivity index (χ2v) is 9.51. The van der Waals surface area contributed by atoms with Crippen molar-refractivity contribution in [1.82, 2.24) is 0 Å². The molecule has 26 heavy (non-hydrogen) atoms. The van der Waals surface area contributed by atoms with E-state index in [-0.39, 0.29) is 18.3 Å². The number of hydrogen-bond donors (Lipinski definition) is 2. The van der Waals surface area contributed by atoms with Crippen molar-refractivity contribution in [2.45, 2.75) is 61.7 Å². The maximum Gasteiger partial charge on any atom is 0.431 e. The zero-order valence-corrected chi connectivity index (χ0v) is 14.6. The standard InChI is InChI=1S/C15H20F4O6S/c16-14(17,15(18,19)26(22,23)24)1-2-25-11(20)12-4-9-3-10(5-12)7-13(21,6-9)8-12/h9-10,21H,1-8H2,(H,22,23,24). The van der Waals surface area contributed by atoms with Gasteiger partial charge < -0.3 is 9.84 Å². The van der Waals surface area contributed by atoms with Gasteiger partial charge in [0.25, 0.3) is 0 Å². The molecule has 2 atom stereocenters. The van der Waals surface area contributed by atoms with Crippen LogP contribution in [0.2, 0.25) is 0 Å². The molecule has 150 valence electrons. The highest BCUT2D eigenvalue weighted by molar-refractivity contribution is 7.87. The molecule has 0 heterocycles. The molecule has 11 heteroatoms. The lowest BCUT2D eigenvalue weighted by molar-refractivity contribution is -0.201. The molecule has 2 unspecified atom stereocenters. The normalized spacial score (nSPS) is 37.0. The van der Waals surface area contributed by atoms with Gasteiger partial charge in [-0.25, -0.2) is 0 Å². The summed E-state index contributed by atoms with van der Waals surface area (Å²) in [6.45, 7) is -1.12. The fourth-order valence-electron chi connectivity index (χ4n) is 5.21. The zero-order valence-electron chi connectivity index (χ0n) is 13.8. The van der Waals surface area contributed by atoms with Crippen LogP contribution in [-0.4, -0.2) is 47.4 Å². The van der Waals surface area contributed by atoms with Crippen LogP contribution < -0.4 is 0 Å². The summed E-state index contributed by atoms with van der Waals surface area (Å²) in [5.41, 5.74) is -1.98. The topological polar surface area (TPSA) is 101 Å². The summed E-state index contributed by atoms with van der Waals surface area (Å²) in [5.74, 6) is -5.64. The third-order valence-electron chi connectivity index (χ3n) is 5.86. The Morgan fingerprint density at radius 1 is 1.12 bits per heavy atom. The molecule has 4 saturated carbocycles. The maximum atomic E-state index is 13.5. The highest BCUT2D eigenvalue weighted by Crippen LogP contribution is 2.62. The molecule has 4 fully saturated rings. The predicted molar refractivity (Wildman–Crippen MR) is 79.1 cm³/mol. The van der Waals surface area contributed by atoms with Gasteiger partial charge >= 0.3 is 27.3 Å². The number of esters is 1. The van der Waals surface area contributed by atoms with Gasteiger partial charge in [-0.3, -0.25) is 9.35 Å². The molecule has 6 nitrogen and oxygen atoms in total. The summed E-state index contributed by atoms with van der Waals surface area (Å²) >= 11 is 0. The summed E-state index contributed by atoms with van der Waals surface area (Å²) in [6.07, 6.45) is 1.37. The fraction of sp³-hybridized carbons (Fsp3) is 0.933. The van der Waals surface area contributed by atoms with Gasteiger partial charge in [-0.05, 0) is 50.4 Å². The number of alkyl halides is 4. The second kappa shape index (κ2) is 5.78. The van der Waals surface area contributed by atoms with Crippen LogP contribution in [0, 0.1) is 17.3 Å². The molecule has 4 aliphatic carbocycles. The Morgan fingerprint density at radius 3 is 2.12 bits per heavy atom. The van der Waals surface area contributed by atoms with Gasteiger partial charge in [-0.1, -0.05) is 0 Å². The van der Waals surface area contributed by atoms with E-state index in [0.717, 1.165) is 6.42 Å². The van der Waals surface area contributed by atoms with Gasteiger partial charge in [0.15, 0.2) is 0 Å². The van der Waals surface area contributed by atoms with Gasteiger partial charge in [-0.2, -0.15) is 26.0 Å². The minimum Gasteiger partial charge on any atom is -0.465 e. The van der Waals surface area contributed by atoms with Crippen molar-refractivity contribution in [3.05, 3.63) is 0 Å². The summed E-state index contributed by atoms with van der Waals surface area (Å²) < 4.78 is 87.1. The third kappa shape index (κ3) is 3.11. The van der Waals surface area contributed by atoms with Crippen molar-refractivity contribution >= 4 is 16.1 Å². The van der Waals surface area contributed by atoms with Crippen LogP contribution in [0.4, 0.5) is 17.6 Å². The van der Waals surface area contributed by atoms with Crippen molar-refractivity contribution in [3.8, 4) is 0 Å². The van der Waals surface area contributed by atoms with Crippen LogP contribution in [0.3, 0.4) is 0 Å². The Hall–Kier alpha value is -0.940. The van der Waals surface area contributed by atoms with E-state index in [1.165, 1.54) is 0 Å². The van der Waals surface area contributed by atoms with E-state index in [1.807, 2.05) is 0 Å². The van der Waals surface area contributed by atoms with E-state index in [4.69, 9.17) is 9.29 Å². The van der Waals surface area contributed by atoms with Crippen molar-refractivity contribution in [1.29, 1.82) is 0 Å². The molecule has 0 amide bonds. The minimum atomic E-state index is -6.31. The lowest BCUT2D eigenvalue weighted by atomic mass is 9.48. The monoisotopic (exact) mass is 404 g/mol. The first-order valence-electron chi connectivity index (χ1n) is 8.32. The number of carbonyl (C=O) groups excluding carboxylic acids is 1. The Kier molecular flexibility index (Phi) is 4.40. The van der Waals surface area contributed by atoms with E-state index in [2.05, 4.69) is 0 Å². The van der Waals surface area contributed by atoms with Crippen LogP contribution in [0.25, 0.3) is 0 Å². The van der Waals surface area contributed by atoms with E-state index in [9.17, 15) is 35.9 Å². The van der Waals surface area contributed by atoms with Gasteiger partial charge in [0, 0.05) is 0 Å². The highest BCUT2D eigenvalue weighted by atomic mass is 32.2. The third-order valence-corrected chi connectivity index (χ3v) is 6.81. The average Bonchev–Trinajstić information content (AvgIpc) is 2.42. The van der Waals surface area contributed by atoms with Crippen molar-refractivity contribution < 1.29 is 45.2 Å². The smallest absolute Gasteiger partial charge is 0.431 e. The van der Waals surface area contributed by atoms with Crippen LogP contribution in [-0.2, 0) is 19.6 Å². The Balaban J connectivity index is 1.63. The fourth-order valence-corrected chi connectivity index (χ4v) is 5.69. The van der Waals surface area contributed by atoms with Gasteiger partial charge in [0.1, 0.15) is 0 Å². The lowest BCUT2D eigenvalue weighted by Gasteiger charge is -2.58. The van der Waals surface area contributed by atoms with E-state index in [0.29, 0.717) is 25.7 Å². The Morgan fingerprint density at radius 2 is 1.65 bits per heavy atom. The number of carbonyl (C=O) groups is 1. The quantitative estimate of drug-likeness (QED) is 0.401. The van der Waals surface area contributed by atoms with E-state index >= 15 is 0 Å². The predicted octanol–water partition coefficient (Wildman–Crippen LogP) is 2.37. The molecule has 4 aliphatic rings. The number of halogens is 4. The summed E-state index contributed by atoms with van der Waals surface area (Å²) in [5, 5.41) is 4.87. The summed E-state index contributed by atoms with van der Waals surface area (Å²) in [4.78, 5) is 12.4. The largest absolute Gasteiger partial charge is 0.465 e. The second-order valence-electron chi connectivity index (χ2n) is 8.05. The van der Waals surface area contributed by atoms with Crippen molar-refractivity contribution in [2.75, 3.05) is 6.61 Å². The lowest BCUT2D eigenvalue weighted by Crippen LogP contribution is -2.58. The Labute approximate surface area is 147 Å². The number of ether oxygens (including phenoxy) is 1. The molecular weight excluding hydrogens is 384 g/mol. The molecule has 4 rings (SSSR count). The van der Waals surface area contributed by atoms with E-state index < -0.39 is 51.3 Å². The molecular formula is C15H20F4O6S. The molecule has 0 saturated heterocycles. The molecule has 2 N–H and O–H groups in total. The van der Waals surface area contributed by atoms with Gasteiger partial charge in [-0.15, -0.1) is 0 Å². The molecule has 4 bridgehead atoms. The van der Waals surface area contributed by atoms with Crippen molar-refractivity contribution in [2.24, 2.45) is 17.3 Å². The molecule has 0 radical (unpaired) electrons. The molecule has 0 aromatic rings. The van der Waals surface area contributed by atoms with Gasteiger partial charge in [0.05, 0.1) is 24.0 Å².